The SMILES string of the molecule is COc1nnc(Cl)c2cc(C3CCSCC3)c(=O)[nH]c12. The van der Waals surface area contributed by atoms with E-state index in [-0.39, 0.29) is 16.6 Å². The second kappa shape index (κ2) is 5.61. The lowest BCUT2D eigenvalue weighted by molar-refractivity contribution is 0.396. The molecule has 20 heavy (non-hydrogen) atoms. The van der Waals surface area contributed by atoms with Crippen LogP contribution in [0, 0.1) is 0 Å². The van der Waals surface area contributed by atoms with Crippen LogP contribution in [0.5, 0.6) is 5.88 Å². The smallest absolute Gasteiger partial charge is 0.258 e. The number of ether oxygens (including phenoxy) is 1. The summed E-state index contributed by atoms with van der Waals surface area (Å²) in [4.78, 5) is 15.1. The van der Waals surface area contributed by atoms with Gasteiger partial charge in [0.05, 0.1) is 7.11 Å². The highest BCUT2D eigenvalue weighted by molar-refractivity contribution is 7.99. The Kier molecular flexibility index (Phi) is 3.85. The maximum atomic E-state index is 12.3. The van der Waals surface area contributed by atoms with Crippen molar-refractivity contribution in [2.75, 3.05) is 18.6 Å². The van der Waals surface area contributed by atoms with Gasteiger partial charge in [0.1, 0.15) is 5.52 Å². The second-order valence-corrected chi connectivity index (χ2v) is 6.31. The molecular weight excluding hydrogens is 298 g/mol. The largest absolute Gasteiger partial charge is 0.478 e. The Hall–Kier alpha value is -1.27. The number of thioether (sulfide) groups is 1. The maximum Gasteiger partial charge on any atom is 0.258 e. The average molecular weight is 312 g/mol. The van der Waals surface area contributed by atoms with E-state index in [0.29, 0.717) is 16.8 Å². The van der Waals surface area contributed by atoms with Crippen LogP contribution >= 0.6 is 23.4 Å². The van der Waals surface area contributed by atoms with Crippen LogP contribution in [0.3, 0.4) is 0 Å². The first kappa shape index (κ1) is 13.7. The zero-order valence-corrected chi connectivity index (χ0v) is 12.6. The van der Waals surface area contributed by atoms with Crippen LogP contribution in [0.4, 0.5) is 0 Å². The van der Waals surface area contributed by atoms with E-state index in [9.17, 15) is 4.79 Å². The van der Waals surface area contributed by atoms with Gasteiger partial charge in [0.25, 0.3) is 11.4 Å². The van der Waals surface area contributed by atoms with Crippen molar-refractivity contribution < 1.29 is 4.74 Å². The Labute approximate surface area is 125 Å². The van der Waals surface area contributed by atoms with Crippen molar-refractivity contribution in [3.05, 3.63) is 27.1 Å². The standard InChI is InChI=1S/C13H14ClN3O2S/c1-19-13-10-9(11(14)16-17-13)6-8(12(18)15-10)7-2-4-20-5-3-7/h6-7H,2-5H2,1H3,(H,15,18). The van der Waals surface area contributed by atoms with Gasteiger partial charge in [0.2, 0.25) is 0 Å². The fourth-order valence-electron chi connectivity index (χ4n) is 2.53. The van der Waals surface area contributed by atoms with Gasteiger partial charge in [-0.2, -0.15) is 11.8 Å². The number of pyridine rings is 1. The molecule has 1 saturated heterocycles. The topological polar surface area (TPSA) is 67.9 Å². The zero-order chi connectivity index (χ0) is 14.1. The minimum atomic E-state index is -0.0863. The van der Waals surface area contributed by atoms with Gasteiger partial charge in [-0.3, -0.25) is 4.79 Å². The highest BCUT2D eigenvalue weighted by atomic mass is 35.5. The van der Waals surface area contributed by atoms with Crippen LogP contribution in [0.1, 0.15) is 24.3 Å². The average Bonchev–Trinajstić information content (AvgIpc) is 2.48. The summed E-state index contributed by atoms with van der Waals surface area (Å²) in [6.07, 6.45) is 2.04. The number of methoxy groups -OCH3 is 1. The molecule has 1 aliphatic heterocycles. The van der Waals surface area contributed by atoms with Crippen molar-refractivity contribution in [2.45, 2.75) is 18.8 Å². The van der Waals surface area contributed by atoms with Gasteiger partial charge in [0, 0.05) is 10.9 Å². The quantitative estimate of drug-likeness (QED) is 0.923. The van der Waals surface area contributed by atoms with Gasteiger partial charge in [-0.15, -0.1) is 10.2 Å². The van der Waals surface area contributed by atoms with E-state index >= 15 is 0 Å². The van der Waals surface area contributed by atoms with E-state index in [1.807, 2.05) is 17.8 Å². The molecule has 0 amide bonds. The summed E-state index contributed by atoms with van der Waals surface area (Å²) in [6.45, 7) is 0. The first-order valence-electron chi connectivity index (χ1n) is 6.41. The molecule has 1 fully saturated rings. The van der Waals surface area contributed by atoms with Crippen LogP contribution in [-0.4, -0.2) is 33.8 Å². The normalized spacial score (nSPS) is 16.5. The van der Waals surface area contributed by atoms with Gasteiger partial charge in [-0.25, -0.2) is 0 Å². The van der Waals surface area contributed by atoms with E-state index in [0.717, 1.165) is 29.9 Å². The summed E-state index contributed by atoms with van der Waals surface area (Å²) in [7, 11) is 1.49. The molecule has 5 nitrogen and oxygen atoms in total. The Morgan fingerprint density at radius 1 is 1.40 bits per heavy atom. The van der Waals surface area contributed by atoms with Crippen LogP contribution in [0.15, 0.2) is 10.9 Å². The summed E-state index contributed by atoms with van der Waals surface area (Å²) < 4.78 is 5.12. The van der Waals surface area contributed by atoms with E-state index in [4.69, 9.17) is 16.3 Å². The minimum Gasteiger partial charge on any atom is -0.478 e. The van der Waals surface area contributed by atoms with Crippen LogP contribution < -0.4 is 10.3 Å². The van der Waals surface area contributed by atoms with Gasteiger partial charge in [0.15, 0.2) is 5.15 Å². The lowest BCUT2D eigenvalue weighted by Crippen LogP contribution is -2.20. The number of aromatic amines is 1. The van der Waals surface area contributed by atoms with Crippen molar-refractivity contribution in [3.63, 3.8) is 0 Å². The number of H-pyrrole nitrogens is 1. The number of fused-ring (bicyclic) bond motifs is 1. The molecule has 2 aromatic rings. The summed E-state index contributed by atoms with van der Waals surface area (Å²) in [5, 5.41) is 8.66. The number of rotatable bonds is 2. The molecule has 1 aliphatic rings. The molecule has 3 heterocycles. The van der Waals surface area contributed by atoms with E-state index < -0.39 is 0 Å². The Morgan fingerprint density at radius 3 is 2.85 bits per heavy atom. The molecule has 7 heteroatoms. The Balaban J connectivity index is 2.18. The van der Waals surface area contributed by atoms with E-state index in [1.165, 1.54) is 7.11 Å². The predicted octanol–water partition coefficient (Wildman–Crippen LogP) is 2.59. The van der Waals surface area contributed by atoms with Gasteiger partial charge < -0.3 is 9.72 Å². The monoisotopic (exact) mass is 311 g/mol. The van der Waals surface area contributed by atoms with Gasteiger partial charge in [-0.1, -0.05) is 11.6 Å². The fourth-order valence-corrected chi connectivity index (χ4v) is 3.82. The molecule has 0 spiro atoms. The van der Waals surface area contributed by atoms with Crippen LogP contribution in [-0.2, 0) is 0 Å². The van der Waals surface area contributed by atoms with E-state index in [2.05, 4.69) is 15.2 Å². The highest BCUT2D eigenvalue weighted by Crippen LogP contribution is 2.32. The molecule has 1 N–H and O–H groups in total. The lowest BCUT2D eigenvalue weighted by Gasteiger charge is -2.21. The number of halogens is 1. The first-order chi connectivity index (χ1) is 9.70. The molecule has 106 valence electrons. The van der Waals surface area contributed by atoms with Gasteiger partial charge >= 0.3 is 0 Å². The summed E-state index contributed by atoms with van der Waals surface area (Å²) in [5.41, 5.74) is 1.21. The summed E-state index contributed by atoms with van der Waals surface area (Å²) in [6, 6.07) is 1.84. The Morgan fingerprint density at radius 2 is 2.15 bits per heavy atom. The molecule has 0 saturated carbocycles. The lowest BCUT2D eigenvalue weighted by atomic mass is 9.94. The third kappa shape index (κ3) is 2.38. The number of nitrogens with one attached hydrogen (secondary N) is 1. The van der Waals surface area contributed by atoms with E-state index in [1.54, 1.807) is 0 Å². The number of hydrogen-bond donors (Lipinski definition) is 1. The molecule has 0 unspecified atom stereocenters. The van der Waals surface area contributed by atoms with Crippen molar-refractivity contribution in [1.29, 1.82) is 0 Å². The van der Waals surface area contributed by atoms with Crippen LogP contribution in [0.25, 0.3) is 10.9 Å². The number of hydrogen-bond acceptors (Lipinski definition) is 5. The first-order valence-corrected chi connectivity index (χ1v) is 7.95. The van der Waals surface area contributed by atoms with Crippen molar-refractivity contribution in [1.82, 2.24) is 15.2 Å². The van der Waals surface area contributed by atoms with Crippen molar-refractivity contribution >= 4 is 34.3 Å². The molecule has 0 atom stereocenters. The van der Waals surface area contributed by atoms with Crippen LogP contribution in [0.2, 0.25) is 5.15 Å². The van der Waals surface area contributed by atoms with Gasteiger partial charge in [-0.05, 0) is 36.3 Å². The minimum absolute atomic E-state index is 0.0863. The molecule has 0 bridgehead atoms. The molecular formula is C13H14ClN3O2S. The molecule has 0 aromatic carbocycles. The predicted molar refractivity (Wildman–Crippen MR) is 81.0 cm³/mol. The van der Waals surface area contributed by atoms with Crippen molar-refractivity contribution in [3.8, 4) is 5.88 Å². The molecule has 0 aliphatic carbocycles. The third-order valence-electron chi connectivity index (χ3n) is 3.59. The second-order valence-electron chi connectivity index (χ2n) is 4.73. The Bertz CT molecular complexity index is 698. The van der Waals surface area contributed by atoms with Crippen molar-refractivity contribution in [2.24, 2.45) is 0 Å². The third-order valence-corrected chi connectivity index (χ3v) is 4.92. The molecule has 0 radical (unpaired) electrons. The fraction of sp³-hybridized carbons (Fsp3) is 0.462. The molecule has 3 rings (SSSR count). The summed E-state index contributed by atoms with van der Waals surface area (Å²) >= 11 is 8.03. The molecule has 2 aromatic heterocycles. The summed E-state index contributed by atoms with van der Waals surface area (Å²) in [5.74, 6) is 2.76. The number of nitrogens with zero attached hydrogens (tertiary/aromatic N) is 2. The highest BCUT2D eigenvalue weighted by Gasteiger charge is 2.21. The number of aromatic nitrogens is 3. The maximum absolute atomic E-state index is 12.3. The zero-order valence-electron chi connectivity index (χ0n) is 11.0.